The summed E-state index contributed by atoms with van der Waals surface area (Å²) in [6.45, 7) is 0. The van der Waals surface area contributed by atoms with Gasteiger partial charge in [0.2, 0.25) is 5.91 Å². The van der Waals surface area contributed by atoms with Crippen molar-refractivity contribution in [3.63, 3.8) is 0 Å². The van der Waals surface area contributed by atoms with Crippen LogP contribution in [0.3, 0.4) is 0 Å². The van der Waals surface area contributed by atoms with Gasteiger partial charge in [-0.1, -0.05) is 28.1 Å². The summed E-state index contributed by atoms with van der Waals surface area (Å²) in [6.07, 6.45) is 3.60. The van der Waals surface area contributed by atoms with Gasteiger partial charge in [0.25, 0.3) is 0 Å². The number of rotatable bonds is 7. The summed E-state index contributed by atoms with van der Waals surface area (Å²) in [5.74, 6) is 1.84. The molecule has 0 aliphatic rings. The monoisotopic (exact) mass is 445 g/mol. The topological polar surface area (TPSA) is 56.1 Å². The predicted molar refractivity (Wildman–Crippen MR) is 111 cm³/mol. The number of thioether (sulfide) groups is 1. The van der Waals surface area contributed by atoms with Crippen LogP contribution in [0.15, 0.2) is 70.3 Å². The van der Waals surface area contributed by atoms with Gasteiger partial charge in [0, 0.05) is 28.8 Å². The van der Waals surface area contributed by atoms with Crippen molar-refractivity contribution in [1.82, 2.24) is 14.9 Å². The van der Waals surface area contributed by atoms with Crippen LogP contribution in [0.25, 0.3) is 0 Å². The van der Waals surface area contributed by atoms with Gasteiger partial charge in [-0.25, -0.2) is 4.98 Å². The van der Waals surface area contributed by atoms with Crippen molar-refractivity contribution in [3.8, 4) is 5.75 Å². The van der Waals surface area contributed by atoms with Crippen LogP contribution >= 0.6 is 27.7 Å². The minimum Gasteiger partial charge on any atom is -0.497 e. The van der Waals surface area contributed by atoms with E-state index in [1.165, 1.54) is 11.8 Å². The summed E-state index contributed by atoms with van der Waals surface area (Å²) in [6, 6.07) is 15.2. The van der Waals surface area contributed by atoms with Crippen LogP contribution in [-0.2, 0) is 11.8 Å². The number of aromatic nitrogens is 2. The smallest absolute Gasteiger partial charge is 0.231 e. The van der Waals surface area contributed by atoms with E-state index in [9.17, 15) is 4.79 Å². The van der Waals surface area contributed by atoms with E-state index >= 15 is 0 Å². The van der Waals surface area contributed by atoms with Crippen molar-refractivity contribution < 1.29 is 9.53 Å². The van der Waals surface area contributed by atoms with Gasteiger partial charge in [-0.05, 0) is 42.0 Å². The quantitative estimate of drug-likeness (QED) is 0.553. The first-order valence-electron chi connectivity index (χ1n) is 8.35. The molecule has 7 heteroatoms. The normalized spacial score (nSPS) is 11.8. The molecule has 0 saturated heterocycles. The summed E-state index contributed by atoms with van der Waals surface area (Å²) < 4.78 is 8.16. The van der Waals surface area contributed by atoms with E-state index in [0.717, 1.165) is 26.5 Å². The number of aryl methyl sites for hydroxylation is 1. The highest BCUT2D eigenvalue weighted by Gasteiger charge is 2.20. The molecule has 0 bridgehead atoms. The lowest BCUT2D eigenvalue weighted by Crippen LogP contribution is -2.32. The van der Waals surface area contributed by atoms with Gasteiger partial charge in [0.05, 0.1) is 12.9 Å². The summed E-state index contributed by atoms with van der Waals surface area (Å²) in [5.41, 5.74) is 0.951. The molecule has 0 spiro atoms. The number of ether oxygens (including phenoxy) is 1. The van der Waals surface area contributed by atoms with Crippen LogP contribution in [0, 0.1) is 0 Å². The van der Waals surface area contributed by atoms with Gasteiger partial charge in [0.1, 0.15) is 17.6 Å². The van der Waals surface area contributed by atoms with Crippen LogP contribution in [0.1, 0.15) is 17.4 Å². The molecule has 0 radical (unpaired) electrons. The molecule has 5 nitrogen and oxygen atoms in total. The minimum atomic E-state index is -0.325. The Hall–Kier alpha value is -2.25. The number of carbonyl (C=O) groups is 1. The molecule has 0 aliphatic carbocycles. The maximum absolute atomic E-state index is 12.6. The highest BCUT2D eigenvalue weighted by molar-refractivity contribution is 9.10. The van der Waals surface area contributed by atoms with Gasteiger partial charge in [-0.2, -0.15) is 0 Å². The molecule has 1 atom stereocenters. The molecule has 140 valence electrons. The summed E-state index contributed by atoms with van der Waals surface area (Å²) >= 11 is 4.92. The molecule has 3 aromatic rings. The fourth-order valence-electron chi connectivity index (χ4n) is 2.63. The van der Waals surface area contributed by atoms with Crippen molar-refractivity contribution in [2.45, 2.75) is 10.9 Å². The third kappa shape index (κ3) is 5.14. The van der Waals surface area contributed by atoms with Crippen molar-refractivity contribution in [3.05, 3.63) is 76.8 Å². The standard InChI is InChI=1S/C20H20BrN3O2S/c1-24-12-11-22-20(24)19(14-3-7-16(26-2)8-4-14)23-18(25)13-27-17-9-5-15(21)6-10-17/h3-12,19H,13H2,1-2H3,(H,23,25)/t19-/m1/s1. The molecule has 0 unspecified atom stereocenters. The third-order valence-corrected chi connectivity index (χ3v) is 5.60. The number of amides is 1. The van der Waals surface area contributed by atoms with Crippen LogP contribution in [0.2, 0.25) is 0 Å². The lowest BCUT2D eigenvalue weighted by atomic mass is 10.1. The Bertz CT molecular complexity index is 894. The van der Waals surface area contributed by atoms with Crippen molar-refractivity contribution in [2.24, 2.45) is 7.05 Å². The molecule has 0 aliphatic heterocycles. The van der Waals surface area contributed by atoms with E-state index in [2.05, 4.69) is 26.2 Å². The van der Waals surface area contributed by atoms with Crippen LogP contribution in [0.4, 0.5) is 0 Å². The fraction of sp³-hybridized carbons (Fsp3) is 0.200. The lowest BCUT2D eigenvalue weighted by molar-refractivity contribution is -0.119. The predicted octanol–water partition coefficient (Wildman–Crippen LogP) is 4.19. The number of imidazole rings is 1. The maximum Gasteiger partial charge on any atom is 0.231 e. The summed E-state index contributed by atoms with van der Waals surface area (Å²) in [7, 11) is 3.55. The Morgan fingerprint density at radius 2 is 1.93 bits per heavy atom. The maximum atomic E-state index is 12.6. The molecule has 1 amide bonds. The SMILES string of the molecule is COc1ccc([C@@H](NC(=O)CSc2ccc(Br)cc2)c2nccn2C)cc1. The van der Waals surface area contributed by atoms with E-state index in [1.807, 2.05) is 66.3 Å². The zero-order valence-electron chi connectivity index (χ0n) is 15.1. The fourth-order valence-corrected chi connectivity index (χ4v) is 3.60. The van der Waals surface area contributed by atoms with Crippen LogP contribution in [-0.4, -0.2) is 28.3 Å². The zero-order valence-corrected chi connectivity index (χ0v) is 17.5. The largest absolute Gasteiger partial charge is 0.497 e. The average molecular weight is 446 g/mol. The first-order valence-corrected chi connectivity index (χ1v) is 10.1. The molecular formula is C20H20BrN3O2S. The molecule has 0 fully saturated rings. The average Bonchev–Trinajstić information content (AvgIpc) is 3.11. The number of nitrogens with zero attached hydrogens (tertiary/aromatic N) is 2. The number of halogens is 1. The highest BCUT2D eigenvalue weighted by Crippen LogP contribution is 2.24. The third-order valence-electron chi connectivity index (χ3n) is 4.05. The van der Waals surface area contributed by atoms with Crippen molar-refractivity contribution >= 4 is 33.6 Å². The summed E-state index contributed by atoms with van der Waals surface area (Å²) in [4.78, 5) is 18.1. The Balaban J connectivity index is 1.73. The van der Waals surface area contributed by atoms with Gasteiger partial charge in [0.15, 0.2) is 0 Å². The summed E-state index contributed by atoms with van der Waals surface area (Å²) in [5, 5.41) is 3.10. The van der Waals surface area contributed by atoms with E-state index < -0.39 is 0 Å². The van der Waals surface area contributed by atoms with Gasteiger partial charge >= 0.3 is 0 Å². The van der Waals surface area contributed by atoms with Gasteiger partial charge in [-0.15, -0.1) is 11.8 Å². The molecule has 3 rings (SSSR count). The Morgan fingerprint density at radius 3 is 2.52 bits per heavy atom. The molecule has 27 heavy (non-hydrogen) atoms. The van der Waals surface area contributed by atoms with E-state index in [4.69, 9.17) is 4.74 Å². The number of hydrogen-bond acceptors (Lipinski definition) is 4. The molecule has 0 saturated carbocycles. The second-order valence-corrected chi connectivity index (χ2v) is 7.88. The number of benzene rings is 2. The number of hydrogen-bond donors (Lipinski definition) is 1. The highest BCUT2D eigenvalue weighted by atomic mass is 79.9. The van der Waals surface area contributed by atoms with Gasteiger partial charge < -0.3 is 14.6 Å². The van der Waals surface area contributed by atoms with Crippen molar-refractivity contribution in [2.75, 3.05) is 12.9 Å². The second-order valence-electron chi connectivity index (χ2n) is 5.91. The molecule has 1 N–H and O–H groups in total. The minimum absolute atomic E-state index is 0.0493. The van der Waals surface area contributed by atoms with Crippen LogP contribution < -0.4 is 10.1 Å². The van der Waals surface area contributed by atoms with E-state index in [1.54, 1.807) is 13.3 Å². The Kier molecular flexibility index (Phi) is 6.58. The number of methoxy groups -OCH3 is 1. The zero-order chi connectivity index (χ0) is 19.2. The Morgan fingerprint density at radius 1 is 1.22 bits per heavy atom. The number of nitrogens with one attached hydrogen (secondary N) is 1. The first-order chi connectivity index (χ1) is 13.1. The second kappa shape index (κ2) is 9.10. The van der Waals surface area contributed by atoms with Gasteiger partial charge in [-0.3, -0.25) is 4.79 Å². The Labute approximate surface area is 171 Å². The van der Waals surface area contributed by atoms with E-state index in [0.29, 0.717) is 5.75 Å². The first kappa shape index (κ1) is 19.5. The molecule has 2 aromatic carbocycles. The van der Waals surface area contributed by atoms with E-state index in [-0.39, 0.29) is 11.9 Å². The number of carbonyl (C=O) groups excluding carboxylic acids is 1. The lowest BCUT2D eigenvalue weighted by Gasteiger charge is -2.19. The molecule has 1 aromatic heterocycles. The van der Waals surface area contributed by atoms with Crippen molar-refractivity contribution in [1.29, 1.82) is 0 Å². The van der Waals surface area contributed by atoms with Crippen LogP contribution in [0.5, 0.6) is 5.75 Å². The molecular weight excluding hydrogens is 426 g/mol. The molecule has 1 heterocycles.